The van der Waals surface area contributed by atoms with E-state index in [1.54, 1.807) is 18.2 Å². The zero-order valence-electron chi connectivity index (χ0n) is 8.44. The minimum absolute atomic E-state index is 0.146. The SMILES string of the molecule is Cc1ccc(OC(=O)c2ccc(Br)o2)cn1. The maximum atomic E-state index is 11.5. The van der Waals surface area contributed by atoms with Crippen molar-refractivity contribution in [1.29, 1.82) is 0 Å². The Morgan fingerprint density at radius 1 is 1.38 bits per heavy atom. The lowest BCUT2D eigenvalue weighted by Crippen LogP contribution is -2.07. The molecule has 5 heteroatoms. The third kappa shape index (κ3) is 2.49. The third-order valence-electron chi connectivity index (χ3n) is 1.87. The van der Waals surface area contributed by atoms with Crippen LogP contribution < -0.4 is 4.74 Å². The van der Waals surface area contributed by atoms with Crippen LogP contribution in [0.1, 0.15) is 16.2 Å². The number of rotatable bonds is 2. The molecule has 0 fully saturated rings. The van der Waals surface area contributed by atoms with E-state index in [2.05, 4.69) is 20.9 Å². The number of ether oxygens (including phenoxy) is 1. The predicted molar refractivity (Wildman–Crippen MR) is 60.3 cm³/mol. The van der Waals surface area contributed by atoms with Gasteiger partial charge in [-0.05, 0) is 47.1 Å². The van der Waals surface area contributed by atoms with Gasteiger partial charge in [0.1, 0.15) is 5.75 Å². The number of hydrogen-bond donors (Lipinski definition) is 0. The number of aryl methyl sites for hydroxylation is 1. The van der Waals surface area contributed by atoms with Gasteiger partial charge in [0.05, 0.1) is 6.20 Å². The first-order valence-electron chi connectivity index (χ1n) is 4.55. The Bertz CT molecular complexity index is 504. The average molecular weight is 282 g/mol. The molecule has 82 valence electrons. The van der Waals surface area contributed by atoms with Crippen molar-refractivity contribution in [1.82, 2.24) is 4.98 Å². The van der Waals surface area contributed by atoms with Gasteiger partial charge in [-0.15, -0.1) is 0 Å². The zero-order chi connectivity index (χ0) is 11.5. The van der Waals surface area contributed by atoms with Crippen LogP contribution >= 0.6 is 15.9 Å². The standard InChI is InChI=1S/C11H8BrNO3/c1-7-2-3-8(6-13-7)15-11(14)9-4-5-10(12)16-9/h2-6H,1H3. The van der Waals surface area contributed by atoms with Crippen molar-refractivity contribution in [2.24, 2.45) is 0 Å². The minimum Gasteiger partial charge on any atom is -0.442 e. The number of pyridine rings is 1. The molecule has 0 bridgehead atoms. The van der Waals surface area contributed by atoms with Crippen LogP contribution in [0.3, 0.4) is 0 Å². The second-order valence-electron chi connectivity index (χ2n) is 3.13. The third-order valence-corrected chi connectivity index (χ3v) is 2.30. The molecule has 2 heterocycles. The van der Waals surface area contributed by atoms with Crippen molar-refractivity contribution in [2.45, 2.75) is 6.92 Å². The van der Waals surface area contributed by atoms with Crippen molar-refractivity contribution >= 4 is 21.9 Å². The molecule has 0 radical (unpaired) electrons. The summed E-state index contributed by atoms with van der Waals surface area (Å²) in [6, 6.07) is 6.61. The summed E-state index contributed by atoms with van der Waals surface area (Å²) >= 11 is 3.11. The maximum absolute atomic E-state index is 11.5. The van der Waals surface area contributed by atoms with Crippen LogP contribution in [0.2, 0.25) is 0 Å². The lowest BCUT2D eigenvalue weighted by Gasteiger charge is -2.01. The molecule has 0 saturated carbocycles. The Morgan fingerprint density at radius 3 is 2.75 bits per heavy atom. The first kappa shape index (κ1) is 10.9. The van der Waals surface area contributed by atoms with Crippen LogP contribution in [0.15, 0.2) is 39.5 Å². The highest BCUT2D eigenvalue weighted by Crippen LogP contribution is 2.16. The van der Waals surface area contributed by atoms with E-state index in [0.29, 0.717) is 10.4 Å². The molecule has 16 heavy (non-hydrogen) atoms. The largest absolute Gasteiger partial charge is 0.442 e. The van der Waals surface area contributed by atoms with Crippen LogP contribution in [0, 0.1) is 6.92 Å². The monoisotopic (exact) mass is 281 g/mol. The second kappa shape index (κ2) is 4.49. The topological polar surface area (TPSA) is 52.3 Å². The molecule has 0 aliphatic heterocycles. The number of nitrogens with zero attached hydrogens (tertiary/aromatic N) is 1. The fourth-order valence-electron chi connectivity index (χ4n) is 1.10. The zero-order valence-corrected chi connectivity index (χ0v) is 10.0. The predicted octanol–water partition coefficient (Wildman–Crippen LogP) is 2.96. The lowest BCUT2D eigenvalue weighted by atomic mass is 10.4. The lowest BCUT2D eigenvalue weighted by molar-refractivity contribution is 0.0699. The van der Waals surface area contributed by atoms with Crippen LogP contribution in [0.25, 0.3) is 0 Å². The quantitative estimate of drug-likeness (QED) is 0.794. The summed E-state index contributed by atoms with van der Waals surface area (Å²) in [5.41, 5.74) is 0.862. The van der Waals surface area contributed by atoms with E-state index in [0.717, 1.165) is 5.69 Å². The smallest absolute Gasteiger partial charge is 0.379 e. The average Bonchev–Trinajstić information content (AvgIpc) is 2.68. The summed E-state index contributed by atoms with van der Waals surface area (Å²) in [6.45, 7) is 1.86. The van der Waals surface area contributed by atoms with Crippen molar-refractivity contribution in [3.63, 3.8) is 0 Å². The molecule has 4 nitrogen and oxygen atoms in total. The molecule has 0 atom stereocenters. The van der Waals surface area contributed by atoms with Gasteiger partial charge in [0, 0.05) is 5.69 Å². The summed E-state index contributed by atoms with van der Waals surface area (Å²) < 4.78 is 10.6. The fourth-order valence-corrected chi connectivity index (χ4v) is 1.40. The number of carbonyl (C=O) groups is 1. The van der Waals surface area contributed by atoms with Gasteiger partial charge in [-0.25, -0.2) is 4.79 Å². The summed E-state index contributed by atoms with van der Waals surface area (Å²) in [6.07, 6.45) is 1.49. The Kier molecular flexibility index (Phi) is 3.05. The second-order valence-corrected chi connectivity index (χ2v) is 3.91. The van der Waals surface area contributed by atoms with Gasteiger partial charge < -0.3 is 9.15 Å². The van der Waals surface area contributed by atoms with Gasteiger partial charge in [0.2, 0.25) is 5.76 Å². The van der Waals surface area contributed by atoms with Crippen LogP contribution in [0.5, 0.6) is 5.75 Å². The first-order valence-corrected chi connectivity index (χ1v) is 5.34. The maximum Gasteiger partial charge on any atom is 0.379 e. The summed E-state index contributed by atoms with van der Waals surface area (Å²) in [5, 5.41) is 0. The van der Waals surface area contributed by atoms with Gasteiger partial charge in [0.15, 0.2) is 4.67 Å². The molecule has 0 spiro atoms. The van der Waals surface area contributed by atoms with Crippen molar-refractivity contribution < 1.29 is 13.9 Å². The van der Waals surface area contributed by atoms with E-state index in [4.69, 9.17) is 9.15 Å². The van der Waals surface area contributed by atoms with E-state index in [1.807, 2.05) is 6.92 Å². The molecule has 0 aromatic carbocycles. The molecular weight excluding hydrogens is 274 g/mol. The Balaban J connectivity index is 2.10. The number of hydrogen-bond acceptors (Lipinski definition) is 4. The van der Waals surface area contributed by atoms with Gasteiger partial charge in [-0.1, -0.05) is 0 Å². The Labute approximate surface area is 100 Å². The van der Waals surface area contributed by atoms with Crippen molar-refractivity contribution in [3.05, 3.63) is 46.6 Å². The van der Waals surface area contributed by atoms with Gasteiger partial charge in [-0.2, -0.15) is 0 Å². The molecule has 0 amide bonds. The number of furan rings is 1. The molecule has 2 rings (SSSR count). The van der Waals surface area contributed by atoms with E-state index in [-0.39, 0.29) is 5.76 Å². The number of esters is 1. The molecule has 0 unspecified atom stereocenters. The first-order chi connectivity index (χ1) is 7.65. The number of carbonyl (C=O) groups excluding carboxylic acids is 1. The van der Waals surface area contributed by atoms with Crippen LogP contribution in [-0.4, -0.2) is 11.0 Å². The van der Waals surface area contributed by atoms with Gasteiger partial charge in [0.25, 0.3) is 0 Å². The van der Waals surface area contributed by atoms with E-state index in [9.17, 15) is 4.79 Å². The summed E-state index contributed by atoms with van der Waals surface area (Å²) in [5.74, 6) is -0.00748. The highest BCUT2D eigenvalue weighted by molar-refractivity contribution is 9.10. The molecule has 0 N–H and O–H groups in total. The Morgan fingerprint density at radius 2 is 2.19 bits per heavy atom. The molecule has 2 aromatic heterocycles. The summed E-state index contributed by atoms with van der Waals surface area (Å²) in [4.78, 5) is 15.6. The Hall–Kier alpha value is -1.62. The molecular formula is C11H8BrNO3. The molecule has 0 aliphatic carbocycles. The normalized spacial score (nSPS) is 10.1. The van der Waals surface area contributed by atoms with Crippen LogP contribution in [-0.2, 0) is 0 Å². The fraction of sp³-hybridized carbons (Fsp3) is 0.0909. The van der Waals surface area contributed by atoms with Gasteiger partial charge >= 0.3 is 5.97 Å². The summed E-state index contributed by atoms with van der Waals surface area (Å²) in [7, 11) is 0. The highest BCUT2D eigenvalue weighted by Gasteiger charge is 2.12. The molecule has 2 aromatic rings. The van der Waals surface area contributed by atoms with E-state index < -0.39 is 5.97 Å². The number of aromatic nitrogens is 1. The molecule has 0 aliphatic rings. The van der Waals surface area contributed by atoms with Gasteiger partial charge in [-0.3, -0.25) is 4.98 Å². The van der Waals surface area contributed by atoms with E-state index >= 15 is 0 Å². The number of halogens is 1. The van der Waals surface area contributed by atoms with Crippen molar-refractivity contribution in [3.8, 4) is 5.75 Å². The highest BCUT2D eigenvalue weighted by atomic mass is 79.9. The molecule has 0 saturated heterocycles. The van der Waals surface area contributed by atoms with Crippen molar-refractivity contribution in [2.75, 3.05) is 0 Å². The minimum atomic E-state index is -0.545. The van der Waals surface area contributed by atoms with E-state index in [1.165, 1.54) is 12.3 Å². The van der Waals surface area contributed by atoms with Crippen LogP contribution in [0.4, 0.5) is 0 Å².